The molecule has 5 heteroatoms. The molecule has 1 fully saturated rings. The van der Waals surface area contributed by atoms with E-state index < -0.39 is 0 Å². The number of phenols is 2. The number of hydrogen-bond donors (Lipinski definition) is 3. The van der Waals surface area contributed by atoms with Gasteiger partial charge in [-0.25, -0.2) is 0 Å². The maximum absolute atomic E-state index is 11.9. The highest BCUT2D eigenvalue weighted by Gasteiger charge is 2.17. The molecule has 110 valence electrons. The third-order valence-electron chi connectivity index (χ3n) is 3.73. The highest BCUT2D eigenvalue weighted by Crippen LogP contribution is 2.27. The quantitative estimate of drug-likeness (QED) is 0.767. The number of carbonyl (C=O) groups is 1. The Balaban J connectivity index is 1.79. The van der Waals surface area contributed by atoms with Crippen molar-refractivity contribution in [1.29, 1.82) is 0 Å². The fourth-order valence-corrected chi connectivity index (χ4v) is 2.53. The molecule has 5 nitrogen and oxygen atoms in total. The highest BCUT2D eigenvalue weighted by atomic mass is 16.3. The fraction of sp³-hybridized carbons (Fsp3) is 0.533. The average molecular weight is 278 g/mol. The number of likely N-dealkylation sites (tertiary alicyclic amines) is 1. The second-order valence-corrected chi connectivity index (χ2v) is 5.26. The van der Waals surface area contributed by atoms with Crippen molar-refractivity contribution in [3.8, 4) is 11.5 Å². The molecule has 0 radical (unpaired) electrons. The smallest absolute Gasteiger partial charge is 0.223 e. The van der Waals surface area contributed by atoms with Gasteiger partial charge in [0.1, 0.15) is 11.5 Å². The number of carbonyl (C=O) groups excluding carboxylic acids is 1. The van der Waals surface area contributed by atoms with Gasteiger partial charge < -0.3 is 20.4 Å². The largest absolute Gasteiger partial charge is 0.508 e. The molecule has 0 aromatic heterocycles. The van der Waals surface area contributed by atoms with Crippen molar-refractivity contribution in [2.24, 2.45) is 0 Å². The van der Waals surface area contributed by atoms with Crippen molar-refractivity contribution >= 4 is 5.91 Å². The molecule has 20 heavy (non-hydrogen) atoms. The van der Waals surface area contributed by atoms with Crippen LogP contribution in [0, 0.1) is 0 Å². The highest BCUT2D eigenvalue weighted by molar-refractivity contribution is 5.76. The van der Waals surface area contributed by atoms with E-state index in [9.17, 15) is 15.0 Å². The lowest BCUT2D eigenvalue weighted by molar-refractivity contribution is -0.130. The zero-order chi connectivity index (χ0) is 14.5. The van der Waals surface area contributed by atoms with Crippen LogP contribution in [0.25, 0.3) is 0 Å². The van der Waals surface area contributed by atoms with Crippen LogP contribution >= 0.6 is 0 Å². The standard InChI is InChI=1S/C15H22N2O3/c1-11(13-5-4-12(18)10-14(13)19)16-7-6-15(20)17-8-2-3-9-17/h4-5,10-11,16,18-19H,2-3,6-9H2,1H3. The summed E-state index contributed by atoms with van der Waals surface area (Å²) in [7, 11) is 0. The van der Waals surface area contributed by atoms with Gasteiger partial charge in [0, 0.05) is 43.7 Å². The normalized spacial score (nSPS) is 16.4. The predicted octanol–water partition coefficient (Wildman–Crippen LogP) is 1.76. The number of aromatic hydroxyl groups is 2. The van der Waals surface area contributed by atoms with Crippen LogP contribution in [-0.4, -0.2) is 40.7 Å². The molecule has 0 saturated carbocycles. The van der Waals surface area contributed by atoms with Gasteiger partial charge in [-0.1, -0.05) is 6.07 Å². The Bertz CT molecular complexity index is 470. The van der Waals surface area contributed by atoms with E-state index in [1.54, 1.807) is 12.1 Å². The van der Waals surface area contributed by atoms with Gasteiger partial charge in [0.2, 0.25) is 5.91 Å². The number of phenolic OH excluding ortho intramolecular Hbond substituents is 2. The van der Waals surface area contributed by atoms with Gasteiger partial charge in [0.05, 0.1) is 0 Å². The number of benzene rings is 1. The van der Waals surface area contributed by atoms with E-state index in [2.05, 4.69) is 5.32 Å². The first-order valence-corrected chi connectivity index (χ1v) is 7.11. The monoisotopic (exact) mass is 278 g/mol. The third-order valence-corrected chi connectivity index (χ3v) is 3.73. The summed E-state index contributed by atoms with van der Waals surface area (Å²) in [5.74, 6) is 0.302. The number of nitrogens with one attached hydrogen (secondary N) is 1. The Kier molecular flexibility index (Phi) is 4.84. The Morgan fingerprint density at radius 2 is 2.05 bits per heavy atom. The Labute approximate surface area is 119 Å². The molecule has 0 bridgehead atoms. The zero-order valence-electron chi connectivity index (χ0n) is 11.8. The molecular weight excluding hydrogens is 256 g/mol. The molecule has 1 unspecified atom stereocenters. The first kappa shape index (κ1) is 14.7. The van der Waals surface area contributed by atoms with E-state index in [-0.39, 0.29) is 23.4 Å². The van der Waals surface area contributed by atoms with E-state index in [1.165, 1.54) is 6.07 Å². The SMILES string of the molecule is CC(NCCC(=O)N1CCCC1)c1ccc(O)cc1O. The minimum Gasteiger partial charge on any atom is -0.508 e. The van der Waals surface area contributed by atoms with Gasteiger partial charge in [-0.15, -0.1) is 0 Å². The lowest BCUT2D eigenvalue weighted by Gasteiger charge is -2.18. The van der Waals surface area contributed by atoms with Crippen LogP contribution in [0.3, 0.4) is 0 Å². The first-order valence-electron chi connectivity index (χ1n) is 7.11. The van der Waals surface area contributed by atoms with E-state index in [1.807, 2.05) is 11.8 Å². The first-order chi connectivity index (χ1) is 9.58. The maximum Gasteiger partial charge on any atom is 0.223 e. The molecule has 3 N–H and O–H groups in total. The summed E-state index contributed by atoms with van der Waals surface area (Å²) >= 11 is 0. The van der Waals surface area contributed by atoms with Gasteiger partial charge in [-0.3, -0.25) is 4.79 Å². The van der Waals surface area contributed by atoms with Gasteiger partial charge in [-0.2, -0.15) is 0 Å². The topological polar surface area (TPSA) is 72.8 Å². The number of nitrogens with zero attached hydrogens (tertiary/aromatic N) is 1. The molecule has 1 atom stereocenters. The fourth-order valence-electron chi connectivity index (χ4n) is 2.53. The summed E-state index contributed by atoms with van der Waals surface area (Å²) in [6, 6.07) is 4.48. The summed E-state index contributed by atoms with van der Waals surface area (Å²) in [5.41, 5.74) is 0.719. The van der Waals surface area contributed by atoms with E-state index in [4.69, 9.17) is 0 Å². The summed E-state index contributed by atoms with van der Waals surface area (Å²) < 4.78 is 0. The average Bonchev–Trinajstić information content (AvgIpc) is 2.92. The molecular formula is C15H22N2O3. The molecule has 1 amide bonds. The number of hydrogen-bond acceptors (Lipinski definition) is 4. The zero-order valence-corrected chi connectivity index (χ0v) is 11.8. The summed E-state index contributed by atoms with van der Waals surface area (Å²) in [4.78, 5) is 13.8. The molecule has 0 aliphatic carbocycles. The Morgan fingerprint density at radius 1 is 1.35 bits per heavy atom. The molecule has 1 aliphatic heterocycles. The predicted molar refractivity (Wildman–Crippen MR) is 76.6 cm³/mol. The van der Waals surface area contributed by atoms with E-state index in [0.29, 0.717) is 13.0 Å². The molecule has 1 aromatic rings. The number of rotatable bonds is 5. The van der Waals surface area contributed by atoms with Gasteiger partial charge in [0.15, 0.2) is 0 Å². The van der Waals surface area contributed by atoms with Crippen LogP contribution < -0.4 is 5.32 Å². The maximum atomic E-state index is 11.9. The van der Waals surface area contributed by atoms with E-state index >= 15 is 0 Å². The minimum absolute atomic E-state index is 0.0441. The second kappa shape index (κ2) is 6.61. The van der Waals surface area contributed by atoms with Crippen LogP contribution in [0.2, 0.25) is 0 Å². The van der Waals surface area contributed by atoms with Crippen LogP contribution in [0.4, 0.5) is 0 Å². The van der Waals surface area contributed by atoms with Crippen molar-refractivity contribution in [2.45, 2.75) is 32.2 Å². The lowest BCUT2D eigenvalue weighted by atomic mass is 10.1. The summed E-state index contributed by atoms with van der Waals surface area (Å²) in [6.07, 6.45) is 2.69. The van der Waals surface area contributed by atoms with Crippen molar-refractivity contribution in [1.82, 2.24) is 10.2 Å². The van der Waals surface area contributed by atoms with Crippen LogP contribution in [0.1, 0.15) is 37.8 Å². The van der Waals surface area contributed by atoms with Crippen molar-refractivity contribution in [3.05, 3.63) is 23.8 Å². The summed E-state index contributed by atoms with van der Waals surface area (Å²) in [5, 5.41) is 22.3. The molecule has 1 heterocycles. The van der Waals surface area contributed by atoms with Crippen LogP contribution in [0.5, 0.6) is 11.5 Å². The molecule has 1 saturated heterocycles. The molecule has 2 rings (SSSR count). The Hall–Kier alpha value is -1.75. The van der Waals surface area contributed by atoms with Crippen LogP contribution in [0.15, 0.2) is 18.2 Å². The molecule has 1 aliphatic rings. The summed E-state index contributed by atoms with van der Waals surface area (Å²) in [6.45, 7) is 4.27. The van der Waals surface area contributed by atoms with Crippen LogP contribution in [-0.2, 0) is 4.79 Å². The van der Waals surface area contributed by atoms with Gasteiger partial charge in [-0.05, 0) is 25.8 Å². The Morgan fingerprint density at radius 3 is 2.70 bits per heavy atom. The van der Waals surface area contributed by atoms with Gasteiger partial charge >= 0.3 is 0 Å². The van der Waals surface area contributed by atoms with Crippen molar-refractivity contribution in [2.75, 3.05) is 19.6 Å². The third kappa shape index (κ3) is 3.63. The minimum atomic E-state index is -0.0676. The van der Waals surface area contributed by atoms with Gasteiger partial charge in [0.25, 0.3) is 0 Å². The second-order valence-electron chi connectivity index (χ2n) is 5.26. The molecule has 0 spiro atoms. The number of amides is 1. The van der Waals surface area contributed by atoms with Crippen molar-refractivity contribution < 1.29 is 15.0 Å². The van der Waals surface area contributed by atoms with Crippen molar-refractivity contribution in [3.63, 3.8) is 0 Å². The van der Waals surface area contributed by atoms with E-state index in [0.717, 1.165) is 31.5 Å². The molecule has 1 aromatic carbocycles. The lowest BCUT2D eigenvalue weighted by Crippen LogP contribution is -2.31.